The van der Waals surface area contributed by atoms with Crippen molar-refractivity contribution in [2.24, 2.45) is 5.73 Å². The summed E-state index contributed by atoms with van der Waals surface area (Å²) in [5, 5.41) is 9.58. The minimum absolute atomic E-state index is 0.120. The molecule has 1 aromatic rings. The molecule has 2 nitrogen and oxygen atoms in total. The Morgan fingerprint density at radius 1 is 1.46 bits per heavy atom. The van der Waals surface area contributed by atoms with Crippen LogP contribution in [0.5, 0.6) is 5.75 Å². The quantitative estimate of drug-likeness (QED) is 0.767. The molecule has 0 saturated heterocycles. The number of rotatable bonds is 2. The molecule has 0 aromatic carbocycles. The van der Waals surface area contributed by atoms with E-state index in [1.54, 1.807) is 11.3 Å². The first-order valence-electron chi connectivity index (χ1n) is 4.47. The summed E-state index contributed by atoms with van der Waals surface area (Å²) in [4.78, 5) is 2.22. The molecular formula is C10H17NOS. The van der Waals surface area contributed by atoms with Gasteiger partial charge in [0.1, 0.15) is 5.75 Å². The molecule has 0 spiro atoms. The van der Waals surface area contributed by atoms with Crippen LogP contribution in [0.3, 0.4) is 0 Å². The normalized spacial score (nSPS) is 12.0. The monoisotopic (exact) mass is 199 g/mol. The Kier molecular flexibility index (Phi) is 2.98. The summed E-state index contributed by atoms with van der Waals surface area (Å²) in [5.41, 5.74) is 5.56. The molecule has 0 aliphatic carbocycles. The number of nitrogens with two attached hydrogens (primary N) is 1. The van der Waals surface area contributed by atoms with E-state index in [2.05, 4.69) is 20.8 Å². The Balaban J connectivity index is 2.95. The van der Waals surface area contributed by atoms with Crippen LogP contribution in [-0.2, 0) is 11.8 Å². The smallest absolute Gasteiger partial charge is 0.129 e. The van der Waals surface area contributed by atoms with Crippen LogP contribution >= 0.6 is 11.3 Å². The molecule has 0 unspecified atom stereocenters. The molecule has 1 heterocycles. The van der Waals surface area contributed by atoms with Gasteiger partial charge in [-0.05, 0) is 24.4 Å². The zero-order valence-corrected chi connectivity index (χ0v) is 9.24. The zero-order chi connectivity index (χ0) is 10.1. The van der Waals surface area contributed by atoms with Crippen LogP contribution < -0.4 is 5.73 Å². The van der Waals surface area contributed by atoms with Crippen molar-refractivity contribution in [1.29, 1.82) is 0 Å². The minimum Gasteiger partial charge on any atom is -0.507 e. The zero-order valence-electron chi connectivity index (χ0n) is 8.42. The van der Waals surface area contributed by atoms with Crippen molar-refractivity contribution in [1.82, 2.24) is 0 Å². The SMILES string of the molecule is CC(C)(C)c1cc(O)c(CCN)s1. The van der Waals surface area contributed by atoms with Gasteiger partial charge in [-0.1, -0.05) is 20.8 Å². The second-order valence-corrected chi connectivity index (χ2v) is 5.34. The van der Waals surface area contributed by atoms with Crippen molar-refractivity contribution in [3.8, 4) is 5.75 Å². The van der Waals surface area contributed by atoms with Gasteiger partial charge in [-0.2, -0.15) is 0 Å². The summed E-state index contributed by atoms with van der Waals surface area (Å²) < 4.78 is 0. The van der Waals surface area contributed by atoms with Crippen molar-refractivity contribution in [2.45, 2.75) is 32.6 Å². The first kappa shape index (κ1) is 10.5. The highest BCUT2D eigenvalue weighted by molar-refractivity contribution is 7.12. The van der Waals surface area contributed by atoms with Gasteiger partial charge in [0.25, 0.3) is 0 Å². The molecule has 0 aliphatic heterocycles. The second-order valence-electron chi connectivity index (χ2n) is 4.21. The standard InChI is InChI=1S/C10H17NOS/c1-10(2,3)9-6-7(12)8(13-9)4-5-11/h6,12H,4-5,11H2,1-3H3. The Morgan fingerprint density at radius 2 is 2.08 bits per heavy atom. The fourth-order valence-corrected chi connectivity index (χ4v) is 2.22. The molecule has 74 valence electrons. The molecule has 0 amide bonds. The highest BCUT2D eigenvalue weighted by Gasteiger charge is 2.18. The lowest BCUT2D eigenvalue weighted by atomic mass is 9.95. The van der Waals surface area contributed by atoms with Crippen LogP contribution in [0.25, 0.3) is 0 Å². The third-order valence-electron chi connectivity index (χ3n) is 1.90. The van der Waals surface area contributed by atoms with Crippen LogP contribution in [-0.4, -0.2) is 11.7 Å². The fourth-order valence-electron chi connectivity index (χ4n) is 1.10. The van der Waals surface area contributed by atoms with Crippen molar-refractivity contribution >= 4 is 11.3 Å². The Morgan fingerprint density at radius 3 is 2.46 bits per heavy atom. The maximum absolute atomic E-state index is 9.58. The van der Waals surface area contributed by atoms with Gasteiger partial charge >= 0.3 is 0 Å². The molecule has 0 radical (unpaired) electrons. The second kappa shape index (κ2) is 3.68. The molecule has 1 rings (SSSR count). The predicted octanol–water partition coefficient (Wildman–Crippen LogP) is 2.25. The Hall–Kier alpha value is -0.540. The van der Waals surface area contributed by atoms with E-state index < -0.39 is 0 Å². The van der Waals surface area contributed by atoms with E-state index in [1.807, 2.05) is 6.07 Å². The Labute approximate surface area is 83.4 Å². The van der Waals surface area contributed by atoms with Crippen LogP contribution in [0.15, 0.2) is 6.07 Å². The molecule has 1 aromatic heterocycles. The van der Waals surface area contributed by atoms with Gasteiger partial charge < -0.3 is 10.8 Å². The Bertz CT molecular complexity index is 286. The number of hydrogen-bond donors (Lipinski definition) is 2. The summed E-state index contributed by atoms with van der Waals surface area (Å²) >= 11 is 1.66. The highest BCUT2D eigenvalue weighted by atomic mass is 32.1. The van der Waals surface area contributed by atoms with E-state index in [0.717, 1.165) is 11.3 Å². The highest BCUT2D eigenvalue weighted by Crippen LogP contribution is 2.35. The molecular weight excluding hydrogens is 182 g/mol. The van der Waals surface area contributed by atoms with Crippen molar-refractivity contribution < 1.29 is 5.11 Å². The van der Waals surface area contributed by atoms with E-state index in [-0.39, 0.29) is 5.41 Å². The summed E-state index contributed by atoms with van der Waals surface area (Å²) in [7, 11) is 0. The maximum atomic E-state index is 9.58. The topological polar surface area (TPSA) is 46.2 Å². The molecule has 3 heteroatoms. The molecule has 0 saturated carbocycles. The molecule has 13 heavy (non-hydrogen) atoms. The van der Waals surface area contributed by atoms with E-state index in [1.165, 1.54) is 4.88 Å². The fraction of sp³-hybridized carbons (Fsp3) is 0.600. The van der Waals surface area contributed by atoms with E-state index in [0.29, 0.717) is 12.3 Å². The van der Waals surface area contributed by atoms with Crippen LogP contribution in [0, 0.1) is 0 Å². The van der Waals surface area contributed by atoms with Gasteiger partial charge in [-0.15, -0.1) is 11.3 Å². The van der Waals surface area contributed by atoms with Gasteiger partial charge in [0, 0.05) is 9.75 Å². The van der Waals surface area contributed by atoms with E-state index in [9.17, 15) is 5.11 Å². The molecule has 0 fully saturated rings. The third-order valence-corrected chi connectivity index (χ3v) is 3.51. The maximum Gasteiger partial charge on any atom is 0.129 e. The van der Waals surface area contributed by atoms with Gasteiger partial charge in [-0.25, -0.2) is 0 Å². The molecule has 0 aliphatic rings. The number of thiophene rings is 1. The van der Waals surface area contributed by atoms with Gasteiger partial charge in [0.05, 0.1) is 0 Å². The lowest BCUT2D eigenvalue weighted by Gasteiger charge is -2.14. The first-order valence-corrected chi connectivity index (χ1v) is 5.29. The summed E-state index contributed by atoms with van der Waals surface area (Å²) in [5.74, 6) is 0.403. The van der Waals surface area contributed by atoms with Crippen LogP contribution in [0.1, 0.15) is 30.5 Å². The van der Waals surface area contributed by atoms with Crippen LogP contribution in [0.2, 0.25) is 0 Å². The third kappa shape index (κ3) is 2.45. The molecule has 0 bridgehead atoms. The van der Waals surface area contributed by atoms with Gasteiger partial charge in [-0.3, -0.25) is 0 Å². The largest absolute Gasteiger partial charge is 0.507 e. The lowest BCUT2D eigenvalue weighted by Crippen LogP contribution is -2.07. The summed E-state index contributed by atoms with van der Waals surface area (Å²) in [6.07, 6.45) is 0.770. The summed E-state index contributed by atoms with van der Waals surface area (Å²) in [6.45, 7) is 7.02. The average Bonchev–Trinajstić information content (AvgIpc) is 2.32. The average molecular weight is 199 g/mol. The van der Waals surface area contributed by atoms with E-state index in [4.69, 9.17) is 5.73 Å². The minimum atomic E-state index is 0.120. The summed E-state index contributed by atoms with van der Waals surface area (Å²) in [6, 6.07) is 1.86. The van der Waals surface area contributed by atoms with Crippen molar-refractivity contribution in [3.63, 3.8) is 0 Å². The number of aromatic hydroxyl groups is 1. The molecule has 3 N–H and O–H groups in total. The van der Waals surface area contributed by atoms with Gasteiger partial charge in [0.2, 0.25) is 0 Å². The molecule has 0 atom stereocenters. The van der Waals surface area contributed by atoms with E-state index >= 15 is 0 Å². The van der Waals surface area contributed by atoms with Crippen molar-refractivity contribution in [3.05, 3.63) is 15.8 Å². The predicted molar refractivity (Wildman–Crippen MR) is 57.4 cm³/mol. The van der Waals surface area contributed by atoms with Crippen molar-refractivity contribution in [2.75, 3.05) is 6.54 Å². The van der Waals surface area contributed by atoms with Gasteiger partial charge in [0.15, 0.2) is 0 Å². The first-order chi connectivity index (χ1) is 5.95. The lowest BCUT2D eigenvalue weighted by molar-refractivity contribution is 0.470. The van der Waals surface area contributed by atoms with Crippen LogP contribution in [0.4, 0.5) is 0 Å². The number of hydrogen-bond acceptors (Lipinski definition) is 3.